The summed E-state index contributed by atoms with van der Waals surface area (Å²) in [6, 6.07) is 5.34. The van der Waals surface area contributed by atoms with E-state index in [0.717, 1.165) is 44.0 Å². The minimum absolute atomic E-state index is 0.133. The molecule has 0 atom stereocenters. The first-order valence-corrected chi connectivity index (χ1v) is 7.13. The van der Waals surface area contributed by atoms with Crippen molar-refractivity contribution in [2.24, 2.45) is 0 Å². The zero-order valence-electron chi connectivity index (χ0n) is 12.4. The molecule has 0 saturated carbocycles. The average molecular weight is 281 g/mol. The number of halogens is 1. The Balaban J connectivity index is 2.05. The summed E-state index contributed by atoms with van der Waals surface area (Å²) >= 11 is 0. The van der Waals surface area contributed by atoms with Gasteiger partial charge >= 0.3 is 0 Å². The molecule has 1 aromatic carbocycles. The molecule has 0 aliphatic carbocycles. The van der Waals surface area contributed by atoms with Gasteiger partial charge in [-0.1, -0.05) is 6.07 Å². The predicted molar refractivity (Wildman–Crippen MR) is 79.7 cm³/mol. The maximum atomic E-state index is 14.1. The van der Waals surface area contributed by atoms with Crippen molar-refractivity contribution in [3.63, 3.8) is 0 Å². The van der Waals surface area contributed by atoms with Crippen LogP contribution >= 0.6 is 0 Å². The van der Waals surface area contributed by atoms with Crippen LogP contribution in [0.1, 0.15) is 5.56 Å². The van der Waals surface area contributed by atoms with Gasteiger partial charge < -0.3 is 19.9 Å². The highest BCUT2D eigenvalue weighted by Gasteiger charge is 2.18. The Morgan fingerprint density at radius 3 is 2.70 bits per heavy atom. The van der Waals surface area contributed by atoms with E-state index in [2.05, 4.69) is 22.2 Å². The molecular weight excluding hydrogens is 257 g/mol. The van der Waals surface area contributed by atoms with E-state index < -0.39 is 0 Å². The third-order valence-corrected chi connectivity index (χ3v) is 3.72. The molecule has 0 amide bonds. The lowest BCUT2D eigenvalue weighted by Gasteiger charge is -2.35. The van der Waals surface area contributed by atoms with Gasteiger partial charge in [0, 0.05) is 57.6 Å². The number of hydrogen-bond acceptors (Lipinski definition) is 4. The second-order valence-electron chi connectivity index (χ2n) is 5.20. The molecule has 5 heteroatoms. The van der Waals surface area contributed by atoms with Gasteiger partial charge in [0.05, 0.1) is 6.61 Å². The minimum Gasteiger partial charge on any atom is -0.383 e. The number of ether oxygens (including phenoxy) is 1. The van der Waals surface area contributed by atoms with Gasteiger partial charge in [-0.15, -0.1) is 0 Å². The van der Waals surface area contributed by atoms with Gasteiger partial charge in [0.1, 0.15) is 5.82 Å². The average Bonchev–Trinajstić information content (AvgIpc) is 2.46. The normalized spacial score (nSPS) is 16.6. The number of likely N-dealkylation sites (N-methyl/N-ethyl adjacent to an activating group) is 1. The van der Waals surface area contributed by atoms with Crippen LogP contribution in [-0.4, -0.2) is 58.4 Å². The van der Waals surface area contributed by atoms with Crippen molar-refractivity contribution in [1.29, 1.82) is 0 Å². The number of nitrogens with zero attached hydrogens (tertiary/aromatic N) is 2. The molecule has 1 aliphatic rings. The van der Waals surface area contributed by atoms with Crippen LogP contribution in [0.4, 0.5) is 10.1 Å². The number of anilines is 1. The van der Waals surface area contributed by atoms with Crippen molar-refractivity contribution >= 4 is 5.69 Å². The van der Waals surface area contributed by atoms with Crippen molar-refractivity contribution in [3.8, 4) is 0 Å². The first-order valence-electron chi connectivity index (χ1n) is 7.13. The van der Waals surface area contributed by atoms with Gasteiger partial charge in [-0.05, 0) is 19.2 Å². The van der Waals surface area contributed by atoms with Crippen molar-refractivity contribution in [2.75, 3.05) is 58.4 Å². The standard InChI is InChI=1S/C15H24FN3O/c1-18-7-9-19(10-8-18)15-5-3-4-14(16)13(15)12-17-6-11-20-2/h3-5,17H,6-12H2,1-2H3. The summed E-state index contributed by atoms with van der Waals surface area (Å²) in [5, 5.41) is 3.23. The van der Waals surface area contributed by atoms with Gasteiger partial charge in [-0.3, -0.25) is 0 Å². The summed E-state index contributed by atoms with van der Waals surface area (Å²) in [4.78, 5) is 4.57. The predicted octanol–water partition coefficient (Wildman–Crippen LogP) is 1.31. The third kappa shape index (κ3) is 3.91. The summed E-state index contributed by atoms with van der Waals surface area (Å²) in [6.45, 7) is 5.85. The van der Waals surface area contributed by atoms with Gasteiger partial charge in [0.25, 0.3) is 0 Å². The van der Waals surface area contributed by atoms with E-state index in [1.807, 2.05) is 6.07 Å². The molecule has 0 radical (unpaired) electrons. The van der Waals surface area contributed by atoms with Crippen LogP contribution in [0.2, 0.25) is 0 Å². The van der Waals surface area contributed by atoms with Crippen molar-refractivity contribution in [1.82, 2.24) is 10.2 Å². The SMILES string of the molecule is COCCNCc1c(F)cccc1N1CCN(C)CC1. The summed E-state index contributed by atoms with van der Waals surface area (Å²) < 4.78 is 19.1. The Morgan fingerprint density at radius 2 is 2.00 bits per heavy atom. The molecule has 4 nitrogen and oxygen atoms in total. The van der Waals surface area contributed by atoms with E-state index in [1.54, 1.807) is 13.2 Å². The lowest BCUT2D eigenvalue weighted by molar-refractivity contribution is 0.199. The highest BCUT2D eigenvalue weighted by Crippen LogP contribution is 2.24. The quantitative estimate of drug-likeness (QED) is 0.796. The Bertz CT molecular complexity index is 420. The molecular formula is C15H24FN3O. The van der Waals surface area contributed by atoms with Gasteiger partial charge in [-0.2, -0.15) is 0 Å². The van der Waals surface area contributed by atoms with E-state index >= 15 is 0 Å². The van der Waals surface area contributed by atoms with E-state index in [9.17, 15) is 4.39 Å². The first-order chi connectivity index (χ1) is 9.72. The lowest BCUT2D eigenvalue weighted by atomic mass is 10.1. The van der Waals surface area contributed by atoms with Crippen LogP contribution in [0.15, 0.2) is 18.2 Å². The molecule has 0 bridgehead atoms. The number of benzene rings is 1. The molecule has 1 fully saturated rings. The van der Waals surface area contributed by atoms with E-state index in [-0.39, 0.29) is 5.82 Å². The van der Waals surface area contributed by atoms with E-state index in [0.29, 0.717) is 13.2 Å². The molecule has 20 heavy (non-hydrogen) atoms. The highest BCUT2D eigenvalue weighted by molar-refractivity contribution is 5.54. The minimum atomic E-state index is -0.133. The Morgan fingerprint density at radius 1 is 1.25 bits per heavy atom. The van der Waals surface area contributed by atoms with Crippen molar-refractivity contribution in [3.05, 3.63) is 29.6 Å². The number of nitrogens with one attached hydrogen (secondary N) is 1. The molecule has 112 valence electrons. The molecule has 0 unspecified atom stereocenters. The Hall–Kier alpha value is -1.17. The number of methoxy groups -OCH3 is 1. The summed E-state index contributed by atoms with van der Waals surface area (Å²) in [5.74, 6) is -0.133. The maximum absolute atomic E-state index is 14.1. The summed E-state index contributed by atoms with van der Waals surface area (Å²) in [6.07, 6.45) is 0. The van der Waals surface area contributed by atoms with E-state index in [4.69, 9.17) is 4.74 Å². The van der Waals surface area contributed by atoms with Crippen LogP contribution < -0.4 is 10.2 Å². The van der Waals surface area contributed by atoms with Gasteiger partial charge in [0.2, 0.25) is 0 Å². The topological polar surface area (TPSA) is 27.7 Å². The molecule has 0 spiro atoms. The van der Waals surface area contributed by atoms with Crippen LogP contribution in [0, 0.1) is 5.82 Å². The molecule has 2 rings (SSSR count). The number of rotatable bonds is 6. The van der Waals surface area contributed by atoms with Gasteiger partial charge in [0.15, 0.2) is 0 Å². The Labute approximate surface area is 120 Å². The second-order valence-corrected chi connectivity index (χ2v) is 5.20. The second kappa shape index (κ2) is 7.57. The number of hydrogen-bond donors (Lipinski definition) is 1. The summed E-state index contributed by atoms with van der Waals surface area (Å²) in [5.41, 5.74) is 1.77. The molecule has 1 heterocycles. The lowest BCUT2D eigenvalue weighted by Crippen LogP contribution is -2.45. The molecule has 0 aromatic heterocycles. The fourth-order valence-corrected chi connectivity index (χ4v) is 2.45. The first kappa shape index (κ1) is 15.2. The summed E-state index contributed by atoms with van der Waals surface area (Å²) in [7, 11) is 3.79. The fraction of sp³-hybridized carbons (Fsp3) is 0.600. The smallest absolute Gasteiger partial charge is 0.129 e. The molecule has 1 aliphatic heterocycles. The van der Waals surface area contributed by atoms with Crippen LogP contribution in [0.3, 0.4) is 0 Å². The molecule has 1 N–H and O–H groups in total. The maximum Gasteiger partial charge on any atom is 0.129 e. The van der Waals surface area contributed by atoms with Gasteiger partial charge in [-0.25, -0.2) is 4.39 Å². The van der Waals surface area contributed by atoms with Crippen LogP contribution in [0.5, 0.6) is 0 Å². The zero-order valence-corrected chi connectivity index (χ0v) is 12.4. The fourth-order valence-electron chi connectivity index (χ4n) is 2.45. The number of piperazine rings is 1. The monoisotopic (exact) mass is 281 g/mol. The largest absolute Gasteiger partial charge is 0.383 e. The van der Waals surface area contributed by atoms with E-state index in [1.165, 1.54) is 6.07 Å². The third-order valence-electron chi connectivity index (χ3n) is 3.72. The Kier molecular flexibility index (Phi) is 5.76. The van der Waals surface area contributed by atoms with Crippen molar-refractivity contribution < 1.29 is 9.13 Å². The van der Waals surface area contributed by atoms with Crippen LogP contribution in [-0.2, 0) is 11.3 Å². The highest BCUT2D eigenvalue weighted by atomic mass is 19.1. The zero-order chi connectivity index (χ0) is 14.4. The molecule has 1 saturated heterocycles. The molecule has 1 aromatic rings. The van der Waals surface area contributed by atoms with Crippen LogP contribution in [0.25, 0.3) is 0 Å². The van der Waals surface area contributed by atoms with Crippen molar-refractivity contribution in [2.45, 2.75) is 6.54 Å².